The number of hydrogen-bond donors (Lipinski definition) is 0. The van der Waals surface area contributed by atoms with E-state index < -0.39 is 0 Å². The lowest BCUT2D eigenvalue weighted by molar-refractivity contribution is -0.173. The molecular weight excluding hydrogens is 394 g/mol. The van der Waals surface area contributed by atoms with Gasteiger partial charge in [-0.2, -0.15) is 5.10 Å². The van der Waals surface area contributed by atoms with Crippen molar-refractivity contribution in [2.75, 3.05) is 26.8 Å². The van der Waals surface area contributed by atoms with Crippen LogP contribution < -0.4 is 9.47 Å². The molecule has 3 aliphatic rings. The van der Waals surface area contributed by atoms with Gasteiger partial charge in [-0.05, 0) is 62.8 Å². The van der Waals surface area contributed by atoms with E-state index in [2.05, 4.69) is 30.1 Å². The largest absolute Gasteiger partial charge is 0.497 e. The van der Waals surface area contributed by atoms with Gasteiger partial charge >= 0.3 is 0 Å². The molecule has 1 aromatic carbocycles. The van der Waals surface area contributed by atoms with Crippen molar-refractivity contribution in [3.63, 3.8) is 0 Å². The Morgan fingerprint density at radius 2 is 2.03 bits per heavy atom. The fourth-order valence-electron chi connectivity index (χ4n) is 5.37. The summed E-state index contributed by atoms with van der Waals surface area (Å²) < 4.78 is 18.4. The van der Waals surface area contributed by atoms with Gasteiger partial charge in [-0.15, -0.1) is 5.10 Å². The summed E-state index contributed by atoms with van der Waals surface area (Å²) in [5, 5.41) is 7.81. The van der Waals surface area contributed by atoms with Crippen molar-refractivity contribution >= 4 is 5.91 Å². The smallest absolute Gasteiger partial charge is 0.274 e. The van der Waals surface area contributed by atoms with Crippen LogP contribution in [0.25, 0.3) is 0 Å². The Morgan fingerprint density at radius 3 is 2.74 bits per heavy atom. The van der Waals surface area contributed by atoms with Crippen molar-refractivity contribution in [3.05, 3.63) is 47.8 Å². The van der Waals surface area contributed by atoms with Gasteiger partial charge in [-0.3, -0.25) is 4.79 Å². The SMILES string of the molecule is COc1ccc2c(c1)OC(C)(C)[C@H]1CC3(CCN(C(=O)c4cccnn4)CC3)CO[C@H]21. The summed E-state index contributed by atoms with van der Waals surface area (Å²) in [6.45, 7) is 6.45. The van der Waals surface area contributed by atoms with Crippen molar-refractivity contribution in [2.24, 2.45) is 11.3 Å². The molecule has 31 heavy (non-hydrogen) atoms. The second-order valence-corrected chi connectivity index (χ2v) is 9.55. The Morgan fingerprint density at radius 1 is 1.23 bits per heavy atom. The molecule has 7 nitrogen and oxygen atoms in total. The molecule has 4 heterocycles. The van der Waals surface area contributed by atoms with Crippen molar-refractivity contribution in [1.82, 2.24) is 15.1 Å². The van der Waals surface area contributed by atoms with E-state index in [1.54, 1.807) is 25.4 Å². The van der Waals surface area contributed by atoms with E-state index in [9.17, 15) is 4.79 Å². The molecule has 2 saturated heterocycles. The molecule has 0 bridgehead atoms. The number of ether oxygens (including phenoxy) is 3. The van der Waals surface area contributed by atoms with Gasteiger partial charge in [0.1, 0.15) is 17.1 Å². The molecular formula is C24H29N3O4. The van der Waals surface area contributed by atoms with Gasteiger partial charge < -0.3 is 19.1 Å². The lowest BCUT2D eigenvalue weighted by Crippen LogP contribution is -2.54. The van der Waals surface area contributed by atoms with E-state index in [-0.39, 0.29) is 28.9 Å². The molecule has 164 valence electrons. The fraction of sp³-hybridized carbons (Fsp3) is 0.542. The third-order valence-electron chi connectivity index (χ3n) is 7.28. The first-order chi connectivity index (χ1) is 14.9. The molecule has 2 fully saturated rings. The van der Waals surface area contributed by atoms with E-state index in [0.29, 0.717) is 25.4 Å². The van der Waals surface area contributed by atoms with E-state index in [1.807, 2.05) is 17.0 Å². The number of carbonyl (C=O) groups excluding carboxylic acids is 1. The maximum atomic E-state index is 12.8. The summed E-state index contributed by atoms with van der Waals surface area (Å²) in [6.07, 6.45) is 4.49. The minimum Gasteiger partial charge on any atom is -0.497 e. The van der Waals surface area contributed by atoms with Gasteiger partial charge in [0.05, 0.1) is 19.8 Å². The maximum absolute atomic E-state index is 12.8. The number of amides is 1. The van der Waals surface area contributed by atoms with Crippen LogP contribution in [0.4, 0.5) is 0 Å². The fourth-order valence-corrected chi connectivity index (χ4v) is 5.37. The second-order valence-electron chi connectivity index (χ2n) is 9.55. The lowest BCUT2D eigenvalue weighted by atomic mass is 9.64. The highest BCUT2D eigenvalue weighted by Gasteiger charge is 2.53. The molecule has 1 amide bonds. The van der Waals surface area contributed by atoms with Crippen LogP contribution in [-0.2, 0) is 4.74 Å². The molecule has 0 saturated carbocycles. The highest BCUT2D eigenvalue weighted by Crippen LogP contribution is 2.55. The number of nitrogens with zero attached hydrogens (tertiary/aromatic N) is 3. The third kappa shape index (κ3) is 3.55. The summed E-state index contributed by atoms with van der Waals surface area (Å²) >= 11 is 0. The Labute approximate surface area is 182 Å². The molecule has 5 rings (SSSR count). The minimum atomic E-state index is -0.343. The van der Waals surface area contributed by atoms with E-state index in [1.165, 1.54) is 0 Å². The van der Waals surface area contributed by atoms with Crippen molar-refractivity contribution in [1.29, 1.82) is 0 Å². The Balaban J connectivity index is 1.32. The third-order valence-corrected chi connectivity index (χ3v) is 7.28. The summed E-state index contributed by atoms with van der Waals surface area (Å²) in [7, 11) is 1.67. The van der Waals surface area contributed by atoms with Crippen LogP contribution in [0, 0.1) is 11.3 Å². The van der Waals surface area contributed by atoms with Gasteiger partial charge in [0.15, 0.2) is 5.69 Å². The molecule has 7 heteroatoms. The first kappa shape index (κ1) is 20.2. The first-order valence-corrected chi connectivity index (χ1v) is 11.0. The maximum Gasteiger partial charge on any atom is 0.274 e. The number of likely N-dealkylation sites (tertiary alicyclic amines) is 1. The number of benzene rings is 1. The molecule has 0 unspecified atom stereocenters. The standard InChI is InChI=1S/C24H29N3O4/c1-23(2)18-14-24(8-11-27(12-9-24)22(28)19-5-4-10-25-26-19)15-30-21(18)17-7-6-16(29-3)13-20(17)31-23/h4-7,10,13,18,21H,8-9,11-12,14-15H2,1-3H3/t18-,21+/m0/s1. The quantitative estimate of drug-likeness (QED) is 0.734. The molecule has 3 aliphatic heterocycles. The van der Waals surface area contributed by atoms with Crippen LogP contribution in [0.5, 0.6) is 11.5 Å². The zero-order valence-corrected chi connectivity index (χ0v) is 18.3. The van der Waals surface area contributed by atoms with Crippen molar-refractivity contribution < 1.29 is 19.0 Å². The highest BCUT2D eigenvalue weighted by molar-refractivity contribution is 5.92. The number of methoxy groups -OCH3 is 1. The average Bonchev–Trinajstić information content (AvgIpc) is 2.79. The van der Waals surface area contributed by atoms with Gasteiger partial charge in [-0.25, -0.2) is 0 Å². The van der Waals surface area contributed by atoms with Crippen molar-refractivity contribution in [2.45, 2.75) is 44.8 Å². The zero-order valence-electron chi connectivity index (χ0n) is 18.3. The Hall–Kier alpha value is -2.67. The predicted molar refractivity (Wildman–Crippen MR) is 114 cm³/mol. The number of hydrogen-bond acceptors (Lipinski definition) is 6. The Bertz CT molecular complexity index is 970. The van der Waals surface area contributed by atoms with Crippen LogP contribution in [0.2, 0.25) is 0 Å². The van der Waals surface area contributed by atoms with E-state index >= 15 is 0 Å². The molecule has 2 atom stereocenters. The van der Waals surface area contributed by atoms with Gasteiger partial charge in [0.25, 0.3) is 5.91 Å². The predicted octanol–water partition coefficient (Wildman–Crippen LogP) is 3.66. The van der Waals surface area contributed by atoms with Gasteiger partial charge in [0, 0.05) is 36.8 Å². The van der Waals surface area contributed by atoms with E-state index in [0.717, 1.165) is 36.3 Å². The number of aromatic nitrogens is 2. The first-order valence-electron chi connectivity index (χ1n) is 11.0. The number of rotatable bonds is 2. The summed E-state index contributed by atoms with van der Waals surface area (Å²) in [5.41, 5.74) is 1.25. The Kier molecular flexibility index (Phi) is 4.88. The summed E-state index contributed by atoms with van der Waals surface area (Å²) in [4.78, 5) is 14.6. The number of fused-ring (bicyclic) bond motifs is 3. The normalized spacial score (nSPS) is 25.8. The minimum absolute atomic E-state index is 0.0227. The molecule has 0 N–H and O–H groups in total. The zero-order chi connectivity index (χ0) is 21.6. The molecule has 0 aliphatic carbocycles. The average molecular weight is 424 g/mol. The van der Waals surface area contributed by atoms with Crippen LogP contribution >= 0.6 is 0 Å². The molecule has 1 aromatic heterocycles. The molecule has 0 radical (unpaired) electrons. The number of piperidine rings is 1. The van der Waals surface area contributed by atoms with Crippen LogP contribution in [-0.4, -0.2) is 53.4 Å². The topological polar surface area (TPSA) is 73.8 Å². The van der Waals surface area contributed by atoms with Crippen LogP contribution in [0.15, 0.2) is 36.5 Å². The number of carbonyl (C=O) groups is 1. The lowest BCUT2D eigenvalue weighted by Gasteiger charge is -2.54. The second kappa shape index (κ2) is 7.48. The van der Waals surface area contributed by atoms with Crippen molar-refractivity contribution in [3.8, 4) is 11.5 Å². The highest BCUT2D eigenvalue weighted by atomic mass is 16.5. The van der Waals surface area contributed by atoms with Crippen LogP contribution in [0.3, 0.4) is 0 Å². The summed E-state index contributed by atoms with van der Waals surface area (Å²) in [5.74, 6) is 1.86. The van der Waals surface area contributed by atoms with Gasteiger partial charge in [-0.1, -0.05) is 0 Å². The molecule has 2 aromatic rings. The van der Waals surface area contributed by atoms with Gasteiger partial charge in [0.2, 0.25) is 0 Å². The summed E-state index contributed by atoms with van der Waals surface area (Å²) in [6, 6.07) is 9.47. The molecule has 1 spiro atoms. The van der Waals surface area contributed by atoms with E-state index in [4.69, 9.17) is 14.2 Å². The monoisotopic (exact) mass is 423 g/mol. The van der Waals surface area contributed by atoms with Crippen LogP contribution in [0.1, 0.15) is 55.3 Å².